The molecule has 2 amide bonds. The summed E-state index contributed by atoms with van der Waals surface area (Å²) in [5.41, 5.74) is 0.736. The first-order valence-corrected chi connectivity index (χ1v) is 13.7. The van der Waals surface area contributed by atoms with Crippen LogP contribution in [0, 0.1) is 23.2 Å². The average molecular weight is 526 g/mol. The van der Waals surface area contributed by atoms with E-state index >= 15 is 0 Å². The first-order valence-electron chi connectivity index (χ1n) is 13.7. The zero-order valence-corrected chi connectivity index (χ0v) is 23.2. The molecular formula is C27H39BN4O6. The van der Waals surface area contributed by atoms with Crippen molar-refractivity contribution in [3.63, 3.8) is 0 Å². The molecule has 10 nitrogen and oxygen atoms in total. The molecule has 1 unspecified atom stereocenters. The second kappa shape index (κ2) is 10.1. The zero-order valence-electron chi connectivity index (χ0n) is 23.2. The lowest BCUT2D eigenvalue weighted by Gasteiger charge is -2.64. The first kappa shape index (κ1) is 26.9. The molecule has 3 saturated carbocycles. The van der Waals surface area contributed by atoms with Gasteiger partial charge >= 0.3 is 7.12 Å². The highest BCUT2D eigenvalue weighted by molar-refractivity contribution is 6.48. The lowest BCUT2D eigenvalue weighted by atomic mass is 9.43. The van der Waals surface area contributed by atoms with Gasteiger partial charge in [-0.2, -0.15) is 0 Å². The Morgan fingerprint density at radius 2 is 2.03 bits per heavy atom. The fraction of sp³-hybridized carbons (Fsp3) is 0.704. The minimum atomic E-state index is -0.766. The van der Waals surface area contributed by atoms with E-state index in [1.807, 2.05) is 0 Å². The van der Waals surface area contributed by atoms with Gasteiger partial charge in [-0.05, 0) is 55.4 Å². The van der Waals surface area contributed by atoms with Gasteiger partial charge in [-0.25, -0.2) is 4.98 Å². The van der Waals surface area contributed by atoms with Crippen LogP contribution < -0.4 is 15.4 Å². The van der Waals surface area contributed by atoms with Gasteiger partial charge in [-0.3, -0.25) is 9.59 Å². The summed E-state index contributed by atoms with van der Waals surface area (Å²) in [7, 11) is 0.996. The number of methoxy groups -OCH3 is 1. The molecule has 2 aliphatic heterocycles. The normalized spacial score (nSPS) is 31.6. The van der Waals surface area contributed by atoms with Crippen LogP contribution in [0.3, 0.4) is 0 Å². The van der Waals surface area contributed by atoms with E-state index in [1.165, 1.54) is 13.5 Å². The molecule has 0 spiro atoms. The number of nitrogens with zero attached hydrogens (tertiary/aromatic N) is 2. The smallest absolute Gasteiger partial charge is 0.481 e. The molecule has 2 N–H and O–H groups in total. The summed E-state index contributed by atoms with van der Waals surface area (Å²) < 4.78 is 18.2. The Morgan fingerprint density at radius 1 is 1.24 bits per heavy atom. The highest BCUT2D eigenvalue weighted by Gasteiger charge is 2.68. The van der Waals surface area contributed by atoms with Crippen LogP contribution in [0.1, 0.15) is 70.8 Å². The van der Waals surface area contributed by atoms with Gasteiger partial charge in [0.2, 0.25) is 12.0 Å². The molecule has 4 fully saturated rings. The van der Waals surface area contributed by atoms with Crippen LogP contribution >= 0.6 is 0 Å². The molecule has 0 radical (unpaired) electrons. The summed E-state index contributed by atoms with van der Waals surface area (Å²) in [6.45, 7) is 11.3. The number of amides is 2. The van der Waals surface area contributed by atoms with Gasteiger partial charge in [0.1, 0.15) is 5.69 Å². The highest BCUT2D eigenvalue weighted by Crippen LogP contribution is 2.65. The van der Waals surface area contributed by atoms with Crippen molar-refractivity contribution in [1.82, 2.24) is 15.6 Å². The van der Waals surface area contributed by atoms with Crippen molar-refractivity contribution in [1.29, 1.82) is 0 Å². The second-order valence-corrected chi connectivity index (χ2v) is 12.3. The molecule has 0 aromatic carbocycles. The van der Waals surface area contributed by atoms with Crippen LogP contribution in [0.25, 0.3) is 0 Å². The Balaban J connectivity index is 1.15. The van der Waals surface area contributed by atoms with Crippen LogP contribution in [-0.2, 0) is 18.9 Å². The van der Waals surface area contributed by atoms with Crippen LogP contribution in [0.5, 0.6) is 5.88 Å². The lowest BCUT2D eigenvalue weighted by molar-refractivity contribution is -0.199. The minimum absolute atomic E-state index is 0.0520. The Hall–Kier alpha value is -2.66. The van der Waals surface area contributed by atoms with Gasteiger partial charge in [0.25, 0.3) is 11.8 Å². The predicted octanol–water partition coefficient (Wildman–Crippen LogP) is 2.76. The maximum absolute atomic E-state index is 13.2. The number of oxime groups is 1. The quantitative estimate of drug-likeness (QED) is 0.475. The highest BCUT2D eigenvalue weighted by atomic mass is 16.7. The van der Waals surface area contributed by atoms with Crippen molar-refractivity contribution in [2.45, 2.75) is 84.1 Å². The lowest BCUT2D eigenvalue weighted by Crippen LogP contribution is -2.65. The largest absolute Gasteiger partial charge is 0.481 e. The van der Waals surface area contributed by atoms with E-state index in [1.54, 1.807) is 18.2 Å². The molecule has 5 aliphatic rings. The summed E-state index contributed by atoms with van der Waals surface area (Å²) in [4.78, 5) is 35.2. The molecule has 1 saturated heterocycles. The third-order valence-electron chi connectivity index (χ3n) is 8.99. The van der Waals surface area contributed by atoms with Crippen molar-refractivity contribution in [2.24, 2.45) is 28.3 Å². The number of aromatic nitrogens is 1. The Morgan fingerprint density at radius 3 is 2.74 bits per heavy atom. The van der Waals surface area contributed by atoms with Gasteiger partial charge in [-0.15, -0.1) is 0 Å². The van der Waals surface area contributed by atoms with Gasteiger partial charge in [0.05, 0.1) is 37.0 Å². The average Bonchev–Trinajstić information content (AvgIpc) is 3.50. The molecule has 38 heavy (non-hydrogen) atoms. The molecule has 6 atom stereocenters. The van der Waals surface area contributed by atoms with Crippen LogP contribution in [0.15, 0.2) is 23.4 Å². The molecule has 206 valence electrons. The number of carbonyl (C=O) groups is 2. The molecule has 6 rings (SSSR count). The van der Waals surface area contributed by atoms with Crippen molar-refractivity contribution in [3.8, 4) is 5.88 Å². The van der Waals surface area contributed by atoms with Gasteiger partial charge in [-0.1, -0.05) is 38.9 Å². The van der Waals surface area contributed by atoms with Gasteiger partial charge in [0, 0.05) is 12.5 Å². The number of nitrogens with one attached hydrogen (secondary N) is 2. The third-order valence-corrected chi connectivity index (χ3v) is 8.99. The van der Waals surface area contributed by atoms with E-state index in [0.717, 1.165) is 12.8 Å². The van der Waals surface area contributed by atoms with Crippen LogP contribution in [-0.4, -0.2) is 67.0 Å². The SMILES string of the molecule is COc1cccc(C(=O)NCC2=NOC(C(=O)N[C@@H](CC(C)C)B3O[C@@H]4C[C@@H]5C[C@@H](C5(C)C)[C@]4(C)O3)C2)n1. The predicted molar refractivity (Wildman–Crippen MR) is 142 cm³/mol. The molecule has 3 heterocycles. The van der Waals surface area contributed by atoms with Crippen molar-refractivity contribution in [2.75, 3.05) is 13.7 Å². The topological polar surface area (TPSA) is 120 Å². The van der Waals surface area contributed by atoms with Crippen molar-refractivity contribution >= 4 is 24.6 Å². The van der Waals surface area contributed by atoms with Crippen LogP contribution in [0.4, 0.5) is 0 Å². The van der Waals surface area contributed by atoms with Crippen molar-refractivity contribution in [3.05, 3.63) is 23.9 Å². The molecule has 3 aliphatic carbocycles. The third kappa shape index (κ3) is 4.90. The van der Waals surface area contributed by atoms with E-state index < -0.39 is 13.2 Å². The van der Waals surface area contributed by atoms with Gasteiger partial charge in [0.15, 0.2) is 0 Å². The van der Waals surface area contributed by atoms with Gasteiger partial charge < -0.3 is 29.5 Å². The van der Waals surface area contributed by atoms with Crippen molar-refractivity contribution < 1.29 is 28.5 Å². The maximum atomic E-state index is 13.2. The number of ether oxygens (including phenoxy) is 1. The second-order valence-electron chi connectivity index (χ2n) is 12.3. The molecule has 2 bridgehead atoms. The fourth-order valence-electron chi connectivity index (χ4n) is 6.69. The molecule has 11 heteroatoms. The molecule has 1 aromatic heterocycles. The molecular weight excluding hydrogens is 487 g/mol. The minimum Gasteiger partial charge on any atom is -0.481 e. The molecule has 1 aromatic rings. The zero-order chi connectivity index (χ0) is 27.2. The summed E-state index contributed by atoms with van der Waals surface area (Å²) in [6.07, 6.45) is 2.47. The fourth-order valence-corrected chi connectivity index (χ4v) is 6.69. The number of rotatable bonds is 9. The summed E-state index contributed by atoms with van der Waals surface area (Å²) in [5, 5.41) is 9.94. The van der Waals surface area contributed by atoms with Crippen LogP contribution in [0.2, 0.25) is 0 Å². The Bertz CT molecular complexity index is 1110. The number of hydrogen-bond acceptors (Lipinski definition) is 8. The maximum Gasteiger partial charge on any atom is 0.481 e. The van der Waals surface area contributed by atoms with E-state index in [9.17, 15) is 9.59 Å². The number of hydrogen-bond donors (Lipinski definition) is 2. The monoisotopic (exact) mass is 526 g/mol. The summed E-state index contributed by atoms with van der Waals surface area (Å²) in [5.74, 6) is 0.900. The van der Waals surface area contributed by atoms with E-state index in [-0.39, 0.29) is 53.5 Å². The Labute approximate surface area is 224 Å². The number of pyridine rings is 1. The standard InChI is InChI=1S/C27H39BN4O6/c1-15(2)10-22(28-36-21-12-16-11-20(26(16,3)4)27(21,5)38-28)31-25(34)19-13-17(32-37-19)14-29-24(33)18-8-7-9-23(30-18)35-6/h7-9,15-16,19-22H,10-14H2,1-6H3,(H,29,33)(H,31,34)/t16-,19?,20-,21+,22-,27-/m0/s1. The number of carbonyl (C=O) groups excluding carboxylic acids is 2. The van der Waals surface area contributed by atoms with E-state index in [2.05, 4.69) is 55.4 Å². The van der Waals surface area contributed by atoms with E-state index in [4.69, 9.17) is 18.9 Å². The Kier molecular flexibility index (Phi) is 7.19. The first-order chi connectivity index (χ1) is 18.0. The summed E-state index contributed by atoms with van der Waals surface area (Å²) in [6, 6.07) is 4.96. The summed E-state index contributed by atoms with van der Waals surface area (Å²) >= 11 is 0. The van der Waals surface area contributed by atoms with E-state index in [0.29, 0.717) is 29.3 Å².